The molecule has 40 heavy (non-hydrogen) atoms. The van der Waals surface area contributed by atoms with Crippen LogP contribution >= 0.6 is 11.8 Å². The first-order chi connectivity index (χ1) is 19.4. The fourth-order valence-electron chi connectivity index (χ4n) is 4.56. The minimum atomic E-state index is -0.870. The molecule has 0 bridgehead atoms. The summed E-state index contributed by atoms with van der Waals surface area (Å²) in [4.78, 5) is 13.8. The number of thioether (sulfide) groups is 1. The van der Waals surface area contributed by atoms with Crippen molar-refractivity contribution in [2.24, 2.45) is 5.73 Å². The highest BCUT2D eigenvalue weighted by Crippen LogP contribution is 2.28. The number of aliphatic carboxylic acids is 1. The molecule has 0 aliphatic carbocycles. The number of hydrogen-bond donors (Lipinski definition) is 2. The van der Waals surface area contributed by atoms with Gasteiger partial charge in [-0.15, -0.1) is 11.8 Å². The van der Waals surface area contributed by atoms with Crippen molar-refractivity contribution < 1.29 is 14.3 Å². The van der Waals surface area contributed by atoms with Crippen molar-refractivity contribution in [3.05, 3.63) is 95.0 Å². The molecule has 0 saturated heterocycles. The molecule has 6 heteroatoms. The van der Waals surface area contributed by atoms with Gasteiger partial charge in [0.05, 0.1) is 5.57 Å². The summed E-state index contributed by atoms with van der Waals surface area (Å²) in [7, 11) is 0. The van der Waals surface area contributed by atoms with Crippen molar-refractivity contribution >= 4 is 17.7 Å². The lowest BCUT2D eigenvalue weighted by Gasteiger charge is -2.33. The second-order valence-electron chi connectivity index (χ2n) is 10.5. The summed E-state index contributed by atoms with van der Waals surface area (Å²) in [5.74, 6) is -0.259. The second-order valence-corrected chi connectivity index (χ2v) is 11.6. The average molecular weight is 569 g/mol. The Morgan fingerprint density at radius 3 is 2.12 bits per heavy atom. The number of aryl methyl sites for hydroxylation is 2. The molecule has 0 spiro atoms. The number of nitrogens with two attached hydrogens (primary N) is 1. The first kappa shape index (κ1) is 33.6. The van der Waals surface area contributed by atoms with Crippen LogP contribution < -0.4 is 5.73 Å². The molecule has 1 atom stereocenters. The number of allylic oxidation sites excluding steroid dienone is 2. The molecule has 2 aromatic rings. The van der Waals surface area contributed by atoms with Crippen LogP contribution in [0.25, 0.3) is 0 Å². The maximum atomic E-state index is 13.0. The smallest absolute Gasteiger partial charge is 0.334 e. The van der Waals surface area contributed by atoms with E-state index in [1.807, 2.05) is 12.3 Å². The monoisotopic (exact) mass is 568 g/mol. The van der Waals surface area contributed by atoms with E-state index in [-0.39, 0.29) is 11.2 Å². The van der Waals surface area contributed by atoms with Gasteiger partial charge in [0.25, 0.3) is 0 Å². The highest BCUT2D eigenvalue weighted by atomic mass is 32.2. The van der Waals surface area contributed by atoms with E-state index in [1.165, 1.54) is 74.6 Å². The van der Waals surface area contributed by atoms with E-state index in [0.29, 0.717) is 5.57 Å². The molecule has 1 heterocycles. The molecule has 1 aliphatic rings. The third-order valence-electron chi connectivity index (χ3n) is 7.00. The summed E-state index contributed by atoms with van der Waals surface area (Å²) >= 11 is 1.65. The van der Waals surface area contributed by atoms with Crippen molar-refractivity contribution in [2.45, 2.75) is 89.9 Å². The molecular formula is C34H49FN2O2S. The van der Waals surface area contributed by atoms with Crippen LogP contribution in [0.15, 0.2) is 72.5 Å². The SMILES string of the molecule is CCCCCCCCCCN.Cc1ccc(CCN2C=CC=C(C(=O)O)C2SCCCc2ccc(F)cc2)cc1. The van der Waals surface area contributed by atoms with Gasteiger partial charge in [-0.3, -0.25) is 0 Å². The Labute approximate surface area is 245 Å². The normalized spacial score (nSPS) is 14.4. The van der Waals surface area contributed by atoms with Crippen molar-refractivity contribution in [2.75, 3.05) is 18.8 Å². The van der Waals surface area contributed by atoms with E-state index in [0.717, 1.165) is 43.7 Å². The topological polar surface area (TPSA) is 66.6 Å². The highest BCUT2D eigenvalue weighted by Gasteiger charge is 2.27. The van der Waals surface area contributed by atoms with E-state index in [1.54, 1.807) is 30.0 Å². The van der Waals surface area contributed by atoms with Gasteiger partial charge >= 0.3 is 5.97 Å². The van der Waals surface area contributed by atoms with Crippen LogP contribution in [0, 0.1) is 12.7 Å². The van der Waals surface area contributed by atoms with Gasteiger partial charge in [-0.25, -0.2) is 9.18 Å². The lowest BCUT2D eigenvalue weighted by atomic mass is 10.1. The van der Waals surface area contributed by atoms with Crippen LogP contribution in [0.4, 0.5) is 4.39 Å². The number of carboxylic acids is 1. The Bertz CT molecular complexity index is 1010. The maximum absolute atomic E-state index is 13.0. The van der Waals surface area contributed by atoms with Crippen LogP contribution in [0.2, 0.25) is 0 Å². The number of benzene rings is 2. The van der Waals surface area contributed by atoms with E-state index < -0.39 is 5.97 Å². The predicted octanol–water partition coefficient (Wildman–Crippen LogP) is 8.29. The number of hydrogen-bond acceptors (Lipinski definition) is 4. The molecule has 220 valence electrons. The Hall–Kier alpha value is -2.57. The van der Waals surface area contributed by atoms with Gasteiger partial charge in [-0.2, -0.15) is 0 Å². The predicted molar refractivity (Wildman–Crippen MR) is 169 cm³/mol. The zero-order chi connectivity index (χ0) is 29.0. The summed E-state index contributed by atoms with van der Waals surface area (Å²) in [5, 5.41) is 9.43. The van der Waals surface area contributed by atoms with Crippen molar-refractivity contribution in [1.29, 1.82) is 0 Å². The minimum Gasteiger partial charge on any atom is -0.478 e. The molecular weight excluding hydrogens is 519 g/mol. The van der Waals surface area contributed by atoms with Gasteiger partial charge in [-0.1, -0.05) is 93.8 Å². The summed E-state index contributed by atoms with van der Waals surface area (Å²) in [6.07, 6.45) is 19.1. The molecule has 0 aromatic heterocycles. The van der Waals surface area contributed by atoms with Gasteiger partial charge < -0.3 is 15.7 Å². The third-order valence-corrected chi connectivity index (χ3v) is 8.37. The van der Waals surface area contributed by atoms with Crippen molar-refractivity contribution in [3.63, 3.8) is 0 Å². The quantitative estimate of drug-likeness (QED) is 0.188. The van der Waals surface area contributed by atoms with Gasteiger partial charge in [0.1, 0.15) is 11.2 Å². The summed E-state index contributed by atoms with van der Waals surface area (Å²) in [5.41, 5.74) is 9.39. The molecule has 3 rings (SSSR count). The summed E-state index contributed by atoms with van der Waals surface area (Å²) < 4.78 is 13.0. The molecule has 0 amide bonds. The number of nitrogens with zero attached hydrogens (tertiary/aromatic N) is 1. The number of carbonyl (C=O) groups is 1. The van der Waals surface area contributed by atoms with E-state index in [9.17, 15) is 14.3 Å². The minimum absolute atomic E-state index is 0.198. The highest BCUT2D eigenvalue weighted by molar-refractivity contribution is 8.00. The summed E-state index contributed by atoms with van der Waals surface area (Å²) in [6.45, 7) is 5.96. The Morgan fingerprint density at radius 2 is 1.50 bits per heavy atom. The van der Waals surface area contributed by atoms with Crippen LogP contribution in [0.1, 0.15) is 81.4 Å². The van der Waals surface area contributed by atoms with Crippen molar-refractivity contribution in [1.82, 2.24) is 4.90 Å². The fraction of sp³-hybridized carbons (Fsp3) is 0.500. The number of halogens is 1. The second kappa shape index (κ2) is 20.3. The standard InChI is InChI=1S/C24H26FNO2S.C10H23N/c1-18-6-8-20(9-7-18)14-16-26-15-2-5-22(24(27)28)23(26)29-17-3-4-19-10-12-21(25)13-11-19;1-2-3-4-5-6-7-8-9-10-11/h2,5-13,15,23H,3-4,14,16-17H2,1H3,(H,27,28);2-11H2,1H3. The zero-order valence-corrected chi connectivity index (χ0v) is 25.3. The van der Waals surface area contributed by atoms with Crippen LogP contribution in [-0.4, -0.2) is 40.2 Å². The van der Waals surface area contributed by atoms with Gasteiger partial charge in [-0.05, 0) is 80.3 Å². The first-order valence-corrected chi connectivity index (χ1v) is 16.0. The molecule has 4 nitrogen and oxygen atoms in total. The van der Waals surface area contributed by atoms with E-state index in [4.69, 9.17) is 5.73 Å². The first-order valence-electron chi connectivity index (χ1n) is 14.9. The fourth-order valence-corrected chi connectivity index (χ4v) is 5.82. The van der Waals surface area contributed by atoms with Gasteiger partial charge in [0.15, 0.2) is 0 Å². The summed E-state index contributed by atoms with van der Waals surface area (Å²) in [6, 6.07) is 15.0. The lowest BCUT2D eigenvalue weighted by Crippen LogP contribution is -2.36. The Balaban J connectivity index is 0.000000432. The molecule has 0 fully saturated rings. The third kappa shape index (κ3) is 13.7. The lowest BCUT2D eigenvalue weighted by molar-refractivity contribution is -0.133. The maximum Gasteiger partial charge on any atom is 0.334 e. The molecule has 1 aliphatic heterocycles. The Morgan fingerprint density at radius 1 is 0.900 bits per heavy atom. The molecule has 1 unspecified atom stereocenters. The molecule has 2 aromatic carbocycles. The van der Waals surface area contributed by atoms with Crippen LogP contribution in [-0.2, 0) is 17.6 Å². The van der Waals surface area contributed by atoms with E-state index >= 15 is 0 Å². The molecule has 0 radical (unpaired) electrons. The Kier molecular flexibility index (Phi) is 17.1. The number of rotatable bonds is 17. The molecule has 3 N–H and O–H groups in total. The number of unbranched alkanes of at least 4 members (excludes halogenated alkanes) is 7. The van der Waals surface area contributed by atoms with Crippen LogP contribution in [0.5, 0.6) is 0 Å². The van der Waals surface area contributed by atoms with Gasteiger partial charge in [0, 0.05) is 12.7 Å². The van der Waals surface area contributed by atoms with Gasteiger partial charge in [0.2, 0.25) is 0 Å². The van der Waals surface area contributed by atoms with Crippen molar-refractivity contribution in [3.8, 4) is 0 Å². The zero-order valence-electron chi connectivity index (χ0n) is 24.5. The van der Waals surface area contributed by atoms with Crippen LogP contribution in [0.3, 0.4) is 0 Å². The average Bonchev–Trinajstić information content (AvgIpc) is 2.96. The molecule has 0 saturated carbocycles. The number of carboxylic acid groups (broad SMARTS) is 1. The van der Waals surface area contributed by atoms with E-state index in [2.05, 4.69) is 43.0 Å². The largest absolute Gasteiger partial charge is 0.478 e.